The third kappa shape index (κ3) is 3.87. The lowest BCUT2D eigenvalue weighted by molar-refractivity contribution is 0.0912. The van der Waals surface area contributed by atoms with E-state index in [2.05, 4.69) is 53.6 Å². The molecular weight excluding hydrogens is 296 g/mol. The maximum Gasteiger partial charge on any atom is 0.209 e. The second-order valence-corrected chi connectivity index (χ2v) is 6.91. The summed E-state index contributed by atoms with van der Waals surface area (Å²) in [6.45, 7) is 6.03. The second kappa shape index (κ2) is 7.24. The molecule has 22 heavy (non-hydrogen) atoms. The molecule has 2 heterocycles. The molecule has 2 aromatic rings. The number of aromatic nitrogens is 4. The van der Waals surface area contributed by atoms with Crippen molar-refractivity contribution >= 4 is 11.8 Å². The van der Waals surface area contributed by atoms with E-state index in [0.717, 1.165) is 36.9 Å². The number of rotatable bonds is 6. The van der Waals surface area contributed by atoms with Crippen molar-refractivity contribution in [3.8, 4) is 0 Å². The lowest BCUT2D eigenvalue weighted by Gasteiger charge is -2.10. The van der Waals surface area contributed by atoms with E-state index in [-0.39, 0.29) is 6.10 Å². The van der Waals surface area contributed by atoms with Gasteiger partial charge in [-0.3, -0.25) is 0 Å². The van der Waals surface area contributed by atoms with Gasteiger partial charge in [-0.15, -0.1) is 5.10 Å². The highest BCUT2D eigenvalue weighted by atomic mass is 32.2. The van der Waals surface area contributed by atoms with Gasteiger partial charge in [0, 0.05) is 12.4 Å². The Labute approximate surface area is 135 Å². The van der Waals surface area contributed by atoms with Crippen molar-refractivity contribution in [3.63, 3.8) is 0 Å². The quantitative estimate of drug-likeness (QED) is 0.765. The molecule has 5 nitrogen and oxygen atoms in total. The first-order valence-electron chi connectivity index (χ1n) is 7.82. The Kier molecular flexibility index (Phi) is 5.10. The fraction of sp³-hybridized carbons (Fsp3) is 0.562. The number of benzene rings is 1. The molecule has 1 aromatic carbocycles. The van der Waals surface area contributed by atoms with Gasteiger partial charge in [0.15, 0.2) is 0 Å². The summed E-state index contributed by atoms with van der Waals surface area (Å²) in [5.74, 6) is 1.45. The van der Waals surface area contributed by atoms with E-state index in [4.69, 9.17) is 4.74 Å². The van der Waals surface area contributed by atoms with Crippen LogP contribution in [0, 0.1) is 0 Å². The van der Waals surface area contributed by atoms with Crippen molar-refractivity contribution in [2.75, 3.05) is 6.61 Å². The van der Waals surface area contributed by atoms with Gasteiger partial charge >= 0.3 is 0 Å². The third-order valence-corrected chi connectivity index (χ3v) is 4.94. The zero-order chi connectivity index (χ0) is 15.4. The number of nitrogens with zero attached hydrogens (tertiary/aromatic N) is 4. The van der Waals surface area contributed by atoms with Gasteiger partial charge in [-0.2, -0.15) is 0 Å². The van der Waals surface area contributed by atoms with Crippen LogP contribution < -0.4 is 0 Å². The fourth-order valence-corrected chi connectivity index (χ4v) is 3.38. The standard InChI is InChI=1S/C16H22N4OS/c1-12(2)14-7-5-13(6-8-14)11-22-16-17-18-19-20(16)10-15-4-3-9-21-15/h5-8,12,15H,3-4,9-11H2,1-2H3. The highest BCUT2D eigenvalue weighted by molar-refractivity contribution is 7.98. The Balaban J connectivity index is 1.58. The molecule has 0 bridgehead atoms. The summed E-state index contributed by atoms with van der Waals surface area (Å²) < 4.78 is 7.52. The Morgan fingerprint density at radius 2 is 2.14 bits per heavy atom. The summed E-state index contributed by atoms with van der Waals surface area (Å²) in [4.78, 5) is 0. The molecule has 1 aliphatic rings. The second-order valence-electron chi connectivity index (χ2n) is 5.96. The summed E-state index contributed by atoms with van der Waals surface area (Å²) in [6, 6.07) is 8.79. The van der Waals surface area contributed by atoms with Crippen LogP contribution in [-0.4, -0.2) is 32.9 Å². The molecule has 0 N–H and O–H groups in total. The van der Waals surface area contributed by atoms with E-state index in [1.165, 1.54) is 11.1 Å². The van der Waals surface area contributed by atoms with Crippen LogP contribution in [0.4, 0.5) is 0 Å². The Bertz CT molecular complexity index is 590. The zero-order valence-corrected chi connectivity index (χ0v) is 13.9. The minimum Gasteiger partial charge on any atom is -0.376 e. The summed E-state index contributed by atoms with van der Waals surface area (Å²) >= 11 is 1.68. The van der Waals surface area contributed by atoms with Crippen LogP contribution in [-0.2, 0) is 17.0 Å². The van der Waals surface area contributed by atoms with Crippen molar-refractivity contribution in [2.45, 2.75) is 56.2 Å². The molecule has 1 aliphatic heterocycles. The van der Waals surface area contributed by atoms with Gasteiger partial charge in [0.05, 0.1) is 12.6 Å². The molecule has 1 aromatic heterocycles. The average Bonchev–Trinajstić information content (AvgIpc) is 3.18. The molecular formula is C16H22N4OS. The lowest BCUT2D eigenvalue weighted by atomic mass is 10.0. The van der Waals surface area contributed by atoms with Crippen molar-refractivity contribution in [1.29, 1.82) is 0 Å². The van der Waals surface area contributed by atoms with Crippen LogP contribution in [0.5, 0.6) is 0 Å². The Hall–Kier alpha value is -1.40. The van der Waals surface area contributed by atoms with E-state index in [9.17, 15) is 0 Å². The minimum absolute atomic E-state index is 0.258. The predicted octanol–water partition coefficient (Wildman–Crippen LogP) is 3.27. The summed E-state index contributed by atoms with van der Waals surface area (Å²) in [6.07, 6.45) is 2.49. The van der Waals surface area contributed by atoms with Crippen LogP contribution in [0.25, 0.3) is 0 Å². The monoisotopic (exact) mass is 318 g/mol. The molecule has 0 amide bonds. The number of tetrazole rings is 1. The molecule has 1 fully saturated rings. The largest absolute Gasteiger partial charge is 0.376 e. The van der Waals surface area contributed by atoms with Gasteiger partial charge < -0.3 is 4.74 Å². The van der Waals surface area contributed by atoms with Gasteiger partial charge in [-0.1, -0.05) is 49.9 Å². The van der Waals surface area contributed by atoms with Gasteiger partial charge in [0.1, 0.15) is 0 Å². The SMILES string of the molecule is CC(C)c1ccc(CSc2nnnn2CC2CCCO2)cc1. The molecule has 0 radical (unpaired) electrons. The van der Waals surface area contributed by atoms with E-state index in [0.29, 0.717) is 5.92 Å². The first-order chi connectivity index (χ1) is 10.7. The number of thioether (sulfide) groups is 1. The first-order valence-corrected chi connectivity index (χ1v) is 8.80. The highest BCUT2D eigenvalue weighted by Gasteiger charge is 2.18. The van der Waals surface area contributed by atoms with Crippen LogP contribution >= 0.6 is 11.8 Å². The summed E-state index contributed by atoms with van der Waals surface area (Å²) in [5.41, 5.74) is 2.66. The maximum absolute atomic E-state index is 5.65. The van der Waals surface area contributed by atoms with Crippen molar-refractivity contribution in [3.05, 3.63) is 35.4 Å². The average molecular weight is 318 g/mol. The predicted molar refractivity (Wildman–Crippen MR) is 86.9 cm³/mol. The molecule has 0 aliphatic carbocycles. The topological polar surface area (TPSA) is 52.8 Å². The van der Waals surface area contributed by atoms with Crippen LogP contribution in [0.1, 0.15) is 43.7 Å². The third-order valence-electron chi connectivity index (χ3n) is 3.91. The van der Waals surface area contributed by atoms with E-state index in [1.54, 1.807) is 11.8 Å². The molecule has 6 heteroatoms. The number of hydrogen-bond donors (Lipinski definition) is 0. The van der Waals surface area contributed by atoms with Crippen LogP contribution in [0.3, 0.4) is 0 Å². The zero-order valence-electron chi connectivity index (χ0n) is 13.1. The van der Waals surface area contributed by atoms with Crippen molar-refractivity contribution in [2.24, 2.45) is 0 Å². The molecule has 1 saturated heterocycles. The molecule has 1 atom stereocenters. The first kappa shape index (κ1) is 15.5. The van der Waals surface area contributed by atoms with Crippen LogP contribution in [0.2, 0.25) is 0 Å². The maximum atomic E-state index is 5.65. The molecule has 118 valence electrons. The molecule has 0 spiro atoms. The summed E-state index contributed by atoms with van der Waals surface area (Å²) in [5, 5.41) is 12.9. The normalized spacial score (nSPS) is 18.2. The lowest BCUT2D eigenvalue weighted by Crippen LogP contribution is -2.16. The Morgan fingerprint density at radius 3 is 2.82 bits per heavy atom. The van der Waals surface area contributed by atoms with Crippen molar-refractivity contribution < 1.29 is 4.74 Å². The Morgan fingerprint density at radius 1 is 1.32 bits per heavy atom. The number of ether oxygens (including phenoxy) is 1. The van der Waals surface area contributed by atoms with Gasteiger partial charge in [-0.05, 0) is 40.3 Å². The van der Waals surface area contributed by atoms with Gasteiger partial charge in [0.2, 0.25) is 5.16 Å². The number of hydrogen-bond acceptors (Lipinski definition) is 5. The molecule has 3 rings (SSSR count). The van der Waals surface area contributed by atoms with Crippen LogP contribution in [0.15, 0.2) is 29.4 Å². The smallest absolute Gasteiger partial charge is 0.209 e. The van der Waals surface area contributed by atoms with E-state index < -0.39 is 0 Å². The van der Waals surface area contributed by atoms with Crippen molar-refractivity contribution in [1.82, 2.24) is 20.2 Å². The highest BCUT2D eigenvalue weighted by Crippen LogP contribution is 2.23. The minimum atomic E-state index is 0.258. The van der Waals surface area contributed by atoms with Gasteiger partial charge in [-0.25, -0.2) is 4.68 Å². The molecule has 1 unspecified atom stereocenters. The molecule has 0 saturated carbocycles. The van der Waals surface area contributed by atoms with Gasteiger partial charge in [0.25, 0.3) is 0 Å². The van der Waals surface area contributed by atoms with E-state index in [1.807, 2.05) is 4.68 Å². The summed E-state index contributed by atoms with van der Waals surface area (Å²) in [7, 11) is 0. The fourth-order valence-electron chi connectivity index (χ4n) is 2.54. The van der Waals surface area contributed by atoms with E-state index >= 15 is 0 Å².